The van der Waals surface area contributed by atoms with Gasteiger partial charge in [-0.1, -0.05) is 0 Å². The van der Waals surface area contributed by atoms with Gasteiger partial charge in [-0.2, -0.15) is 0 Å². The maximum absolute atomic E-state index is 10.1. The third kappa shape index (κ3) is 3.38. The Balaban J connectivity index is 4.25. The molecule has 0 rings (SSSR count). The van der Waals surface area contributed by atoms with Crippen molar-refractivity contribution < 1.29 is 14.0 Å². The highest BCUT2D eigenvalue weighted by Gasteiger charge is 2.16. The molecule has 8 heteroatoms. The van der Waals surface area contributed by atoms with E-state index in [0.29, 0.717) is 0 Å². The number of hydrogen-bond acceptors (Lipinski definition) is 3. The second kappa shape index (κ2) is 2.95. The van der Waals surface area contributed by atoms with Crippen molar-refractivity contribution in [3.63, 3.8) is 0 Å². The summed E-state index contributed by atoms with van der Waals surface area (Å²) in [6, 6.07) is 0. The molecule has 0 aliphatic heterocycles. The topological polar surface area (TPSA) is 119 Å². The molecule has 0 aliphatic rings. The van der Waals surface area contributed by atoms with Gasteiger partial charge in [0.05, 0.1) is 0 Å². The number of hydrogen-bond donors (Lipinski definition) is 1. The summed E-state index contributed by atoms with van der Waals surface area (Å²) in [5.41, 5.74) is 7.57. The van der Waals surface area contributed by atoms with Gasteiger partial charge in [0.2, 0.25) is 0 Å². The Labute approximate surface area is 49.7 Å². The Morgan fingerprint density at radius 3 is 2.89 bits per heavy atom. The molecular formula is CHN4O3P. The zero-order valence-corrected chi connectivity index (χ0v) is 4.89. The predicted octanol–water partition coefficient (Wildman–Crippen LogP) is 0.895. The van der Waals surface area contributed by atoms with Crippen LogP contribution in [0.3, 0.4) is 0 Å². The largest absolute Gasteiger partial charge is 0.477 e. The molecule has 0 spiro atoms. The van der Waals surface area contributed by atoms with Gasteiger partial charge < -0.3 is 9.42 Å². The van der Waals surface area contributed by atoms with Crippen molar-refractivity contribution in [1.29, 1.82) is 5.26 Å². The van der Waals surface area contributed by atoms with E-state index >= 15 is 0 Å². The van der Waals surface area contributed by atoms with E-state index in [-0.39, 0.29) is 0 Å². The second-order valence-electron chi connectivity index (χ2n) is 0.852. The van der Waals surface area contributed by atoms with Crippen molar-refractivity contribution in [3.05, 3.63) is 10.4 Å². The molecule has 48 valence electrons. The van der Waals surface area contributed by atoms with Crippen LogP contribution in [0.2, 0.25) is 0 Å². The lowest BCUT2D eigenvalue weighted by atomic mass is 11.6. The molecule has 1 N–H and O–H groups in total. The van der Waals surface area contributed by atoms with Crippen LogP contribution in [-0.2, 0) is 9.09 Å². The molecule has 0 aromatic carbocycles. The third-order valence-electron chi connectivity index (χ3n) is 0.313. The van der Waals surface area contributed by atoms with E-state index in [1.807, 2.05) is 4.91 Å². The van der Waals surface area contributed by atoms with Gasteiger partial charge in [0.1, 0.15) is 0 Å². The van der Waals surface area contributed by atoms with Crippen LogP contribution in [0, 0.1) is 11.5 Å². The van der Waals surface area contributed by atoms with E-state index in [2.05, 4.69) is 9.41 Å². The number of azide groups is 1. The summed E-state index contributed by atoms with van der Waals surface area (Å²) in [4.78, 5) is 12.5. The Morgan fingerprint density at radius 2 is 2.56 bits per heavy atom. The van der Waals surface area contributed by atoms with Crippen molar-refractivity contribution in [3.8, 4) is 6.26 Å². The smallest absolute Gasteiger partial charge is 0.345 e. The van der Waals surface area contributed by atoms with Gasteiger partial charge in [-0.05, 0) is 5.53 Å². The molecule has 0 radical (unpaired) electrons. The second-order valence-corrected chi connectivity index (χ2v) is 2.19. The molecule has 1 atom stereocenters. The molecule has 7 nitrogen and oxygen atoms in total. The van der Waals surface area contributed by atoms with Crippen LogP contribution in [0.25, 0.3) is 10.4 Å². The molecule has 0 saturated carbocycles. The first kappa shape index (κ1) is 7.79. The molecule has 1 unspecified atom stereocenters. The molecule has 0 amide bonds. The van der Waals surface area contributed by atoms with E-state index in [1.54, 1.807) is 0 Å². The molecule has 0 bridgehead atoms. The highest BCUT2D eigenvalue weighted by atomic mass is 31.2. The molecule has 0 saturated heterocycles. The van der Waals surface area contributed by atoms with Gasteiger partial charge in [0, 0.05) is 9.80 Å². The van der Waals surface area contributed by atoms with Gasteiger partial charge in [0.15, 0.2) is 0 Å². The van der Waals surface area contributed by atoms with E-state index < -0.39 is 7.75 Å². The molecule has 0 fully saturated rings. The Morgan fingerprint density at radius 1 is 2.00 bits per heavy atom. The number of nitrogens with zero attached hydrogens (tertiary/aromatic N) is 4. The summed E-state index contributed by atoms with van der Waals surface area (Å²) in [5.74, 6) is 0. The van der Waals surface area contributed by atoms with Gasteiger partial charge in [-0.15, -0.1) is 5.26 Å². The average Bonchev–Trinajstić information content (AvgIpc) is 1.64. The van der Waals surface area contributed by atoms with Gasteiger partial charge in [0.25, 0.3) is 6.26 Å². The van der Waals surface area contributed by atoms with Crippen LogP contribution in [0.5, 0.6) is 0 Å². The lowest BCUT2D eigenvalue weighted by molar-refractivity contribution is 0.360. The quantitative estimate of drug-likeness (QED) is 0.205. The molecular weight excluding hydrogens is 147 g/mol. The van der Waals surface area contributed by atoms with Crippen molar-refractivity contribution in [2.75, 3.05) is 0 Å². The summed E-state index contributed by atoms with van der Waals surface area (Å²) in [5, 5.41) is 7.64. The SMILES string of the molecule is N#COP(=O)(O)N=[N+]=[N-]. The lowest BCUT2D eigenvalue weighted by Crippen LogP contribution is -1.73. The van der Waals surface area contributed by atoms with Crippen LogP contribution in [0.15, 0.2) is 4.88 Å². The first-order chi connectivity index (χ1) is 4.12. The van der Waals surface area contributed by atoms with Crippen LogP contribution in [0.1, 0.15) is 0 Å². The minimum atomic E-state index is -4.35. The number of nitriles is 1. The number of rotatable bonds is 2. The summed E-state index contributed by atoms with van der Waals surface area (Å²) in [7, 11) is -4.35. The van der Waals surface area contributed by atoms with E-state index in [1.165, 1.54) is 0 Å². The van der Waals surface area contributed by atoms with Crippen LogP contribution < -0.4 is 0 Å². The summed E-state index contributed by atoms with van der Waals surface area (Å²) >= 11 is 0. The first-order valence-corrected chi connectivity index (χ1v) is 3.12. The van der Waals surface area contributed by atoms with Crippen LogP contribution in [0.4, 0.5) is 0 Å². The van der Waals surface area contributed by atoms with Crippen molar-refractivity contribution in [2.24, 2.45) is 4.88 Å². The predicted molar refractivity (Wildman–Crippen MR) is 25.7 cm³/mol. The normalized spacial score (nSPS) is 14.2. The molecule has 0 aliphatic carbocycles. The fourth-order valence-corrected chi connectivity index (χ4v) is 0.366. The fourth-order valence-electron chi connectivity index (χ4n) is 0.122. The maximum atomic E-state index is 10.1. The monoisotopic (exact) mass is 148 g/mol. The zero-order valence-electron chi connectivity index (χ0n) is 4.00. The van der Waals surface area contributed by atoms with E-state index in [9.17, 15) is 4.57 Å². The first-order valence-electron chi connectivity index (χ1n) is 1.59. The standard InChI is InChI=1S/CHN4O3P/c2-1-8-9(6,7)5-4-3/h(H,6,7). The highest BCUT2D eigenvalue weighted by Crippen LogP contribution is 2.42. The third-order valence-corrected chi connectivity index (χ3v) is 0.938. The minimum absolute atomic E-state index is 0.915. The van der Waals surface area contributed by atoms with Gasteiger partial charge >= 0.3 is 7.75 Å². The minimum Gasteiger partial charge on any atom is -0.345 e. The average molecular weight is 148 g/mol. The van der Waals surface area contributed by atoms with Gasteiger partial charge in [-0.25, -0.2) is 4.57 Å². The Hall–Kier alpha value is -1.21. The van der Waals surface area contributed by atoms with Crippen molar-refractivity contribution >= 4 is 7.75 Å². The molecule has 9 heavy (non-hydrogen) atoms. The summed E-state index contributed by atoms with van der Waals surface area (Å²) < 4.78 is 13.6. The van der Waals surface area contributed by atoms with Gasteiger partial charge in [-0.3, -0.25) is 0 Å². The van der Waals surface area contributed by atoms with Crippen molar-refractivity contribution in [1.82, 2.24) is 0 Å². The maximum Gasteiger partial charge on any atom is 0.477 e. The Kier molecular flexibility index (Phi) is 2.55. The molecule has 0 aromatic heterocycles. The fraction of sp³-hybridized carbons (Fsp3) is 0. The molecule has 0 heterocycles. The Bertz CT molecular complexity index is 222. The highest BCUT2D eigenvalue weighted by molar-refractivity contribution is 7.51. The molecule has 0 aromatic rings. The summed E-state index contributed by atoms with van der Waals surface area (Å²) in [6.45, 7) is 0. The van der Waals surface area contributed by atoms with Crippen molar-refractivity contribution in [2.45, 2.75) is 0 Å². The summed E-state index contributed by atoms with van der Waals surface area (Å²) in [6.07, 6.45) is 0.915. The van der Waals surface area contributed by atoms with Crippen LogP contribution in [-0.4, -0.2) is 4.89 Å². The van der Waals surface area contributed by atoms with E-state index in [4.69, 9.17) is 15.7 Å². The zero-order chi connectivity index (χ0) is 7.33. The van der Waals surface area contributed by atoms with Crippen LogP contribution >= 0.6 is 7.75 Å². The lowest BCUT2D eigenvalue weighted by Gasteiger charge is -1.93. The van der Waals surface area contributed by atoms with E-state index in [0.717, 1.165) is 6.26 Å².